The number of methoxy groups -OCH3 is 1. The number of pyridine rings is 1. The molecule has 6 nitrogen and oxygen atoms in total. The molecule has 0 atom stereocenters. The fourth-order valence-corrected chi connectivity index (χ4v) is 4.22. The van der Waals surface area contributed by atoms with Crippen LogP contribution in [0.4, 0.5) is 0 Å². The number of allylic oxidation sites excluding steroid dienone is 1. The van der Waals surface area contributed by atoms with E-state index in [1.54, 1.807) is 18.3 Å². The van der Waals surface area contributed by atoms with E-state index in [0.29, 0.717) is 13.0 Å². The van der Waals surface area contributed by atoms with Gasteiger partial charge in [0.2, 0.25) is 0 Å². The highest BCUT2D eigenvalue weighted by Crippen LogP contribution is 2.37. The highest BCUT2D eigenvalue weighted by molar-refractivity contribution is 6.01. The monoisotopic (exact) mass is 496 g/mol. The maximum Gasteiger partial charge on any atom is 0.305 e. The van der Waals surface area contributed by atoms with Crippen LogP contribution < -0.4 is 4.74 Å². The summed E-state index contributed by atoms with van der Waals surface area (Å²) in [5, 5.41) is 12.1. The van der Waals surface area contributed by atoms with Crippen molar-refractivity contribution in [2.45, 2.75) is 12.8 Å². The molecule has 0 amide bonds. The van der Waals surface area contributed by atoms with E-state index in [1.807, 2.05) is 62.8 Å². The van der Waals surface area contributed by atoms with Crippen molar-refractivity contribution in [1.29, 1.82) is 0 Å². The van der Waals surface area contributed by atoms with E-state index < -0.39 is 0 Å². The van der Waals surface area contributed by atoms with Crippen molar-refractivity contribution in [2.75, 3.05) is 34.4 Å². The van der Waals surface area contributed by atoms with Gasteiger partial charge in [-0.1, -0.05) is 36.4 Å². The minimum atomic E-state index is -0.269. The molecule has 0 bridgehead atoms. The Bertz CT molecular complexity index is 1380. The van der Waals surface area contributed by atoms with Crippen LogP contribution >= 0.6 is 0 Å². The van der Waals surface area contributed by atoms with Crippen molar-refractivity contribution in [3.63, 3.8) is 0 Å². The molecule has 1 heterocycles. The predicted molar refractivity (Wildman–Crippen MR) is 148 cm³/mol. The second kappa shape index (κ2) is 12.2. The molecule has 4 aromatic rings. The van der Waals surface area contributed by atoms with Crippen LogP contribution in [0.3, 0.4) is 0 Å². The zero-order valence-corrected chi connectivity index (χ0v) is 21.5. The summed E-state index contributed by atoms with van der Waals surface area (Å²) in [6.07, 6.45) is 4.34. The number of benzene rings is 3. The predicted octanol–water partition coefficient (Wildman–Crippen LogP) is 5.79. The summed E-state index contributed by atoms with van der Waals surface area (Å²) in [6, 6.07) is 23.4. The molecule has 0 unspecified atom stereocenters. The molecule has 0 fully saturated rings. The third-order valence-corrected chi connectivity index (χ3v) is 6.20. The normalized spacial score (nSPS) is 11.9. The van der Waals surface area contributed by atoms with Gasteiger partial charge in [-0.05, 0) is 90.1 Å². The average Bonchev–Trinajstić information content (AvgIpc) is 2.91. The van der Waals surface area contributed by atoms with Crippen molar-refractivity contribution in [1.82, 2.24) is 9.88 Å². The van der Waals surface area contributed by atoms with Crippen LogP contribution in [0, 0.1) is 0 Å². The van der Waals surface area contributed by atoms with Crippen molar-refractivity contribution in [2.24, 2.45) is 0 Å². The molecule has 1 N–H and O–H groups in total. The standard InChI is InChI=1S/C31H32N2O4/c1-33(2)18-19-37-28-12-8-24(9-13-28)31(23-6-10-27(34)11-7-23)29(14-15-30(35)36-3)25-5-4-22-16-17-32-21-26(22)20-25/h4-13,16-17,20-21,34H,14-15,18-19H2,1-3H3/b31-29+. The van der Waals surface area contributed by atoms with Crippen LogP contribution in [0.25, 0.3) is 21.9 Å². The molecule has 0 saturated heterocycles. The molecule has 0 radical (unpaired) electrons. The van der Waals surface area contributed by atoms with Crippen molar-refractivity contribution in [3.05, 3.63) is 102 Å². The number of likely N-dealkylation sites (N-methyl/N-ethyl adjacent to an activating group) is 1. The van der Waals surface area contributed by atoms with Gasteiger partial charge < -0.3 is 19.5 Å². The first-order valence-corrected chi connectivity index (χ1v) is 12.3. The van der Waals surface area contributed by atoms with Gasteiger partial charge in [0.1, 0.15) is 18.1 Å². The Balaban J connectivity index is 1.85. The summed E-state index contributed by atoms with van der Waals surface area (Å²) >= 11 is 0. The molecule has 1 aromatic heterocycles. The molecule has 3 aromatic carbocycles. The van der Waals surface area contributed by atoms with Crippen LogP contribution in [0.1, 0.15) is 29.5 Å². The number of phenols is 1. The maximum atomic E-state index is 12.2. The van der Waals surface area contributed by atoms with Gasteiger partial charge in [-0.15, -0.1) is 0 Å². The maximum absolute atomic E-state index is 12.2. The Hall–Kier alpha value is -4.16. The van der Waals surface area contributed by atoms with Gasteiger partial charge >= 0.3 is 5.97 Å². The molecule has 37 heavy (non-hydrogen) atoms. The van der Waals surface area contributed by atoms with Crippen molar-refractivity contribution >= 4 is 27.9 Å². The van der Waals surface area contributed by atoms with Gasteiger partial charge in [0.25, 0.3) is 0 Å². The highest BCUT2D eigenvalue weighted by atomic mass is 16.5. The molecule has 6 heteroatoms. The number of esters is 1. The third-order valence-electron chi connectivity index (χ3n) is 6.20. The highest BCUT2D eigenvalue weighted by Gasteiger charge is 2.17. The van der Waals surface area contributed by atoms with Gasteiger partial charge in [0, 0.05) is 30.7 Å². The number of hydrogen-bond donors (Lipinski definition) is 1. The van der Waals surface area contributed by atoms with Crippen LogP contribution in [-0.4, -0.2) is 55.3 Å². The van der Waals surface area contributed by atoms with E-state index in [-0.39, 0.29) is 18.1 Å². The zero-order valence-electron chi connectivity index (χ0n) is 21.5. The Morgan fingerprint density at radius 2 is 1.54 bits per heavy atom. The first-order chi connectivity index (χ1) is 17.9. The summed E-state index contributed by atoms with van der Waals surface area (Å²) in [4.78, 5) is 18.5. The van der Waals surface area contributed by atoms with Gasteiger partial charge in [-0.3, -0.25) is 9.78 Å². The molecule has 0 aliphatic rings. The molecule has 0 aliphatic carbocycles. The topological polar surface area (TPSA) is 71.9 Å². The van der Waals surface area contributed by atoms with Crippen molar-refractivity contribution in [3.8, 4) is 11.5 Å². The number of nitrogens with zero attached hydrogens (tertiary/aromatic N) is 2. The molecule has 190 valence electrons. The Labute approximate surface area is 217 Å². The molecular formula is C31H32N2O4. The Morgan fingerprint density at radius 1 is 0.865 bits per heavy atom. The second-order valence-electron chi connectivity index (χ2n) is 9.09. The van der Waals surface area contributed by atoms with E-state index in [9.17, 15) is 9.90 Å². The zero-order chi connectivity index (χ0) is 26.2. The third kappa shape index (κ3) is 6.74. The number of carbonyl (C=O) groups excluding carboxylic acids is 1. The van der Waals surface area contributed by atoms with Crippen LogP contribution in [0.15, 0.2) is 85.2 Å². The van der Waals surface area contributed by atoms with E-state index in [2.05, 4.69) is 28.1 Å². The minimum Gasteiger partial charge on any atom is -0.508 e. The lowest BCUT2D eigenvalue weighted by Gasteiger charge is -2.18. The number of phenolic OH excluding ortho intramolecular Hbond substituents is 1. The largest absolute Gasteiger partial charge is 0.508 e. The Morgan fingerprint density at radius 3 is 2.22 bits per heavy atom. The molecule has 0 spiro atoms. The molecule has 0 saturated carbocycles. The van der Waals surface area contributed by atoms with Crippen molar-refractivity contribution < 1.29 is 19.4 Å². The molecule has 4 rings (SSSR count). The lowest BCUT2D eigenvalue weighted by molar-refractivity contribution is -0.140. The van der Waals surface area contributed by atoms with E-state index >= 15 is 0 Å². The van der Waals surface area contributed by atoms with Gasteiger partial charge in [0.15, 0.2) is 0 Å². The van der Waals surface area contributed by atoms with Crippen LogP contribution in [0.2, 0.25) is 0 Å². The number of fused-ring (bicyclic) bond motifs is 1. The summed E-state index contributed by atoms with van der Waals surface area (Å²) in [7, 11) is 5.43. The quantitative estimate of drug-likeness (QED) is 0.221. The molecule has 0 aliphatic heterocycles. The fraction of sp³-hybridized carbons (Fsp3) is 0.226. The average molecular weight is 497 g/mol. The number of aromatic nitrogens is 1. The van der Waals surface area contributed by atoms with Gasteiger partial charge in [-0.2, -0.15) is 0 Å². The lowest BCUT2D eigenvalue weighted by atomic mass is 9.86. The number of carbonyl (C=O) groups is 1. The number of hydrogen-bond acceptors (Lipinski definition) is 6. The second-order valence-corrected chi connectivity index (χ2v) is 9.09. The van der Waals surface area contributed by atoms with Crippen LogP contribution in [0.5, 0.6) is 11.5 Å². The number of aromatic hydroxyl groups is 1. The summed E-state index contributed by atoms with van der Waals surface area (Å²) in [5.74, 6) is 0.721. The number of rotatable bonds is 10. The summed E-state index contributed by atoms with van der Waals surface area (Å²) < 4.78 is 10.9. The SMILES string of the molecule is COC(=O)CC/C(=C(/c1ccc(O)cc1)c1ccc(OCCN(C)C)cc1)c1ccc2ccncc2c1. The van der Waals surface area contributed by atoms with Crippen LogP contribution in [-0.2, 0) is 9.53 Å². The minimum absolute atomic E-state index is 0.195. The first kappa shape index (κ1) is 25.9. The lowest BCUT2D eigenvalue weighted by Crippen LogP contribution is -2.19. The summed E-state index contributed by atoms with van der Waals surface area (Å²) in [5.41, 5.74) is 4.90. The van der Waals surface area contributed by atoms with E-state index in [4.69, 9.17) is 9.47 Å². The van der Waals surface area contributed by atoms with Gasteiger partial charge in [0.05, 0.1) is 7.11 Å². The summed E-state index contributed by atoms with van der Waals surface area (Å²) in [6.45, 7) is 1.43. The fourth-order valence-electron chi connectivity index (χ4n) is 4.22. The van der Waals surface area contributed by atoms with E-state index in [0.717, 1.165) is 50.9 Å². The Kier molecular flexibility index (Phi) is 8.54. The smallest absolute Gasteiger partial charge is 0.305 e. The van der Waals surface area contributed by atoms with Gasteiger partial charge in [-0.25, -0.2) is 0 Å². The number of ether oxygens (including phenoxy) is 2. The first-order valence-electron chi connectivity index (χ1n) is 12.3. The van der Waals surface area contributed by atoms with E-state index in [1.165, 1.54) is 7.11 Å². The molecular weight excluding hydrogens is 464 g/mol.